The molecule has 0 bridgehead atoms. The lowest BCUT2D eigenvalue weighted by molar-refractivity contribution is -0.119. The Morgan fingerprint density at radius 2 is 1.70 bits per heavy atom. The molecular weight excluding hydrogens is 282 g/mol. The number of ketones is 1. The molecular formula is C21H29NO. The van der Waals surface area contributed by atoms with Crippen LogP contribution in [-0.2, 0) is 4.79 Å². The van der Waals surface area contributed by atoms with E-state index < -0.39 is 0 Å². The van der Waals surface area contributed by atoms with Crippen LogP contribution in [0.3, 0.4) is 0 Å². The lowest BCUT2D eigenvalue weighted by Crippen LogP contribution is -2.21. The number of hydrogen-bond acceptors (Lipinski definition) is 2. The maximum atomic E-state index is 12.7. The van der Waals surface area contributed by atoms with Gasteiger partial charge in [-0.2, -0.15) is 0 Å². The number of carbonyl (C=O) groups excluding carboxylic acids is 1. The minimum atomic E-state index is 0.318. The summed E-state index contributed by atoms with van der Waals surface area (Å²) in [5, 5.41) is 0. The number of Topliss-reactive ketones (excluding diaryl/α,β-unsaturated/α-hetero) is 1. The first-order chi connectivity index (χ1) is 11.2. The summed E-state index contributed by atoms with van der Waals surface area (Å²) in [6.07, 6.45) is 9.35. The van der Waals surface area contributed by atoms with Gasteiger partial charge in [0.15, 0.2) is 5.78 Å². The fourth-order valence-corrected chi connectivity index (χ4v) is 4.33. The molecule has 2 heteroatoms. The summed E-state index contributed by atoms with van der Waals surface area (Å²) < 4.78 is 0. The normalized spacial score (nSPS) is 23.8. The maximum absolute atomic E-state index is 12.7. The monoisotopic (exact) mass is 311 g/mol. The number of rotatable bonds is 5. The molecule has 0 amide bonds. The van der Waals surface area contributed by atoms with Crippen LogP contribution < -0.4 is 4.90 Å². The first kappa shape index (κ1) is 16.3. The zero-order valence-corrected chi connectivity index (χ0v) is 14.6. The number of carbonyl (C=O) groups is 1. The van der Waals surface area contributed by atoms with Gasteiger partial charge in [-0.1, -0.05) is 25.0 Å². The molecule has 0 heterocycles. The average Bonchev–Trinajstić information content (AvgIpc) is 3.21. The number of nitrogens with zero attached hydrogens (tertiary/aromatic N) is 1. The standard InChI is InChI=1S/C21H29NO/c1-3-22(4-2)19-12-9-16(10-13-19)15-18-11-14-20(21(18)23)17-7-5-6-8-17/h9-10,12-13,15,17,20H,3-8,11,14H2,1-2H3/b18-15+. The molecule has 124 valence electrons. The number of benzene rings is 1. The zero-order chi connectivity index (χ0) is 16.2. The summed E-state index contributed by atoms with van der Waals surface area (Å²) in [7, 11) is 0. The van der Waals surface area contributed by atoms with E-state index in [1.807, 2.05) is 0 Å². The van der Waals surface area contributed by atoms with E-state index in [9.17, 15) is 4.79 Å². The Morgan fingerprint density at radius 3 is 2.30 bits per heavy atom. The maximum Gasteiger partial charge on any atom is 0.162 e. The predicted octanol–water partition coefficient (Wildman–Crippen LogP) is 5.09. The highest BCUT2D eigenvalue weighted by molar-refractivity contribution is 6.03. The van der Waals surface area contributed by atoms with Crippen molar-refractivity contribution in [1.29, 1.82) is 0 Å². The second-order valence-electron chi connectivity index (χ2n) is 6.99. The first-order valence-electron chi connectivity index (χ1n) is 9.32. The van der Waals surface area contributed by atoms with Crippen LogP contribution >= 0.6 is 0 Å². The number of anilines is 1. The van der Waals surface area contributed by atoms with Gasteiger partial charge in [0.05, 0.1) is 0 Å². The summed E-state index contributed by atoms with van der Waals surface area (Å²) >= 11 is 0. The third-order valence-electron chi connectivity index (χ3n) is 5.71. The minimum absolute atomic E-state index is 0.318. The van der Waals surface area contributed by atoms with Crippen LogP contribution in [0.2, 0.25) is 0 Å². The van der Waals surface area contributed by atoms with Crippen molar-refractivity contribution in [2.45, 2.75) is 52.4 Å². The first-order valence-corrected chi connectivity index (χ1v) is 9.32. The van der Waals surface area contributed by atoms with E-state index in [0.717, 1.165) is 37.1 Å². The van der Waals surface area contributed by atoms with Crippen LogP contribution in [0.5, 0.6) is 0 Å². The van der Waals surface area contributed by atoms with Crippen LogP contribution in [0, 0.1) is 11.8 Å². The van der Waals surface area contributed by atoms with Crippen molar-refractivity contribution < 1.29 is 4.79 Å². The van der Waals surface area contributed by atoms with Crippen molar-refractivity contribution in [2.75, 3.05) is 18.0 Å². The van der Waals surface area contributed by atoms with Crippen LogP contribution in [-0.4, -0.2) is 18.9 Å². The molecule has 2 saturated carbocycles. The van der Waals surface area contributed by atoms with Crippen molar-refractivity contribution in [3.05, 3.63) is 35.4 Å². The minimum Gasteiger partial charge on any atom is -0.372 e. The average molecular weight is 311 g/mol. The molecule has 2 aliphatic carbocycles. The van der Waals surface area contributed by atoms with E-state index in [1.165, 1.54) is 31.4 Å². The Hall–Kier alpha value is -1.57. The van der Waals surface area contributed by atoms with Gasteiger partial charge in [0.1, 0.15) is 0 Å². The summed E-state index contributed by atoms with van der Waals surface area (Å²) in [4.78, 5) is 15.0. The van der Waals surface area contributed by atoms with Crippen LogP contribution in [0.15, 0.2) is 29.8 Å². The fourth-order valence-electron chi connectivity index (χ4n) is 4.33. The van der Waals surface area contributed by atoms with E-state index in [0.29, 0.717) is 17.6 Å². The van der Waals surface area contributed by atoms with E-state index in [4.69, 9.17) is 0 Å². The molecule has 0 N–H and O–H groups in total. The van der Waals surface area contributed by atoms with Crippen molar-refractivity contribution >= 4 is 17.5 Å². The van der Waals surface area contributed by atoms with E-state index in [2.05, 4.69) is 49.1 Å². The Labute approximate surface area is 140 Å². The van der Waals surface area contributed by atoms with Gasteiger partial charge < -0.3 is 4.90 Å². The van der Waals surface area contributed by atoms with Gasteiger partial charge in [0.2, 0.25) is 0 Å². The van der Waals surface area contributed by atoms with E-state index in [-0.39, 0.29) is 0 Å². The number of allylic oxidation sites excluding steroid dienone is 1. The molecule has 2 aliphatic rings. The van der Waals surface area contributed by atoms with Crippen LogP contribution in [0.1, 0.15) is 57.9 Å². The third kappa shape index (κ3) is 3.52. The van der Waals surface area contributed by atoms with Gasteiger partial charge in [-0.05, 0) is 74.8 Å². The molecule has 0 spiro atoms. The highest BCUT2D eigenvalue weighted by Gasteiger charge is 2.36. The van der Waals surface area contributed by atoms with Crippen LogP contribution in [0.25, 0.3) is 6.08 Å². The molecule has 23 heavy (non-hydrogen) atoms. The Morgan fingerprint density at radius 1 is 1.04 bits per heavy atom. The van der Waals surface area contributed by atoms with Crippen molar-refractivity contribution in [3.8, 4) is 0 Å². The molecule has 1 atom stereocenters. The van der Waals surface area contributed by atoms with Gasteiger partial charge in [-0.3, -0.25) is 4.79 Å². The quantitative estimate of drug-likeness (QED) is 0.706. The summed E-state index contributed by atoms with van der Waals surface area (Å²) in [5.41, 5.74) is 3.48. The second-order valence-corrected chi connectivity index (χ2v) is 6.99. The summed E-state index contributed by atoms with van der Waals surface area (Å²) in [6.45, 7) is 6.41. The largest absolute Gasteiger partial charge is 0.372 e. The lowest BCUT2D eigenvalue weighted by Gasteiger charge is -2.20. The summed E-state index contributed by atoms with van der Waals surface area (Å²) in [5.74, 6) is 1.42. The van der Waals surface area contributed by atoms with E-state index >= 15 is 0 Å². The third-order valence-corrected chi connectivity index (χ3v) is 5.71. The van der Waals surface area contributed by atoms with Crippen LogP contribution in [0.4, 0.5) is 5.69 Å². The Balaban J connectivity index is 1.70. The van der Waals surface area contributed by atoms with E-state index in [1.54, 1.807) is 0 Å². The van der Waals surface area contributed by atoms with Gasteiger partial charge in [-0.25, -0.2) is 0 Å². The predicted molar refractivity (Wildman–Crippen MR) is 97.7 cm³/mol. The Bertz CT molecular complexity index is 562. The van der Waals surface area contributed by atoms with Gasteiger partial charge in [-0.15, -0.1) is 0 Å². The molecule has 1 aromatic rings. The zero-order valence-electron chi connectivity index (χ0n) is 14.6. The fraction of sp³-hybridized carbons (Fsp3) is 0.571. The second kappa shape index (κ2) is 7.33. The highest BCUT2D eigenvalue weighted by Crippen LogP contribution is 2.40. The SMILES string of the molecule is CCN(CC)c1ccc(/C=C2\CCC(C3CCCC3)C2=O)cc1. The molecule has 0 aromatic heterocycles. The molecule has 1 aromatic carbocycles. The topological polar surface area (TPSA) is 20.3 Å². The highest BCUT2D eigenvalue weighted by atomic mass is 16.1. The summed E-state index contributed by atoms with van der Waals surface area (Å²) in [6, 6.07) is 8.65. The number of hydrogen-bond donors (Lipinski definition) is 0. The molecule has 0 aliphatic heterocycles. The Kier molecular flexibility index (Phi) is 5.20. The van der Waals surface area contributed by atoms with Crippen molar-refractivity contribution in [1.82, 2.24) is 0 Å². The van der Waals surface area contributed by atoms with Gasteiger partial charge in [0.25, 0.3) is 0 Å². The van der Waals surface area contributed by atoms with Gasteiger partial charge >= 0.3 is 0 Å². The molecule has 1 unspecified atom stereocenters. The van der Waals surface area contributed by atoms with Gasteiger partial charge in [0, 0.05) is 24.7 Å². The molecule has 3 rings (SSSR count). The molecule has 0 radical (unpaired) electrons. The molecule has 2 fully saturated rings. The molecule has 2 nitrogen and oxygen atoms in total. The van der Waals surface area contributed by atoms with Crippen molar-refractivity contribution in [3.63, 3.8) is 0 Å². The molecule has 0 saturated heterocycles. The smallest absolute Gasteiger partial charge is 0.162 e. The lowest BCUT2D eigenvalue weighted by atomic mass is 9.88. The van der Waals surface area contributed by atoms with Crippen molar-refractivity contribution in [2.24, 2.45) is 11.8 Å².